The van der Waals surface area contributed by atoms with Gasteiger partial charge in [0.05, 0.1) is 5.75 Å². The number of aromatic nitrogens is 5. The SMILES string of the molecule is CC(C)Cc1noc(CSc2nnc(CO)n2C2CC2)n1. The highest BCUT2D eigenvalue weighted by molar-refractivity contribution is 7.98. The molecule has 0 spiro atoms. The van der Waals surface area contributed by atoms with Crippen molar-refractivity contribution in [2.75, 3.05) is 0 Å². The van der Waals surface area contributed by atoms with Crippen molar-refractivity contribution in [1.29, 1.82) is 0 Å². The summed E-state index contributed by atoms with van der Waals surface area (Å²) in [7, 11) is 0. The summed E-state index contributed by atoms with van der Waals surface area (Å²) in [5.41, 5.74) is 0. The first-order valence-electron chi connectivity index (χ1n) is 7.16. The molecule has 0 bridgehead atoms. The van der Waals surface area contributed by atoms with Gasteiger partial charge in [-0.1, -0.05) is 30.8 Å². The van der Waals surface area contributed by atoms with Crippen LogP contribution in [0.2, 0.25) is 0 Å². The highest BCUT2D eigenvalue weighted by Gasteiger charge is 2.29. The molecule has 0 aromatic carbocycles. The van der Waals surface area contributed by atoms with Crippen molar-refractivity contribution < 1.29 is 9.63 Å². The molecular weight excluding hydrogens is 290 g/mol. The zero-order valence-electron chi connectivity index (χ0n) is 12.2. The molecule has 0 saturated heterocycles. The van der Waals surface area contributed by atoms with Crippen molar-refractivity contribution in [2.45, 2.75) is 56.7 Å². The molecule has 0 unspecified atom stereocenters. The maximum Gasteiger partial charge on any atom is 0.237 e. The van der Waals surface area contributed by atoms with Crippen molar-refractivity contribution in [1.82, 2.24) is 24.9 Å². The molecule has 2 heterocycles. The Kier molecular flexibility index (Phi) is 4.25. The molecule has 8 heteroatoms. The largest absolute Gasteiger partial charge is 0.388 e. The fraction of sp³-hybridized carbons (Fsp3) is 0.692. The van der Waals surface area contributed by atoms with E-state index in [0.29, 0.717) is 29.4 Å². The average molecular weight is 309 g/mol. The highest BCUT2D eigenvalue weighted by Crippen LogP contribution is 2.39. The first-order chi connectivity index (χ1) is 10.2. The summed E-state index contributed by atoms with van der Waals surface area (Å²) in [6.45, 7) is 4.17. The summed E-state index contributed by atoms with van der Waals surface area (Å²) in [6.07, 6.45) is 3.07. The van der Waals surface area contributed by atoms with Gasteiger partial charge in [0.25, 0.3) is 0 Å². The van der Waals surface area contributed by atoms with Crippen LogP contribution in [0.25, 0.3) is 0 Å². The van der Waals surface area contributed by atoms with Crippen molar-refractivity contribution in [3.63, 3.8) is 0 Å². The van der Waals surface area contributed by atoms with Crippen LogP contribution < -0.4 is 0 Å². The second-order valence-corrected chi connectivity index (χ2v) is 6.59. The number of nitrogens with zero attached hydrogens (tertiary/aromatic N) is 5. The van der Waals surface area contributed by atoms with Crippen LogP contribution >= 0.6 is 11.8 Å². The molecule has 1 aliphatic carbocycles. The van der Waals surface area contributed by atoms with Gasteiger partial charge < -0.3 is 14.2 Å². The molecule has 1 saturated carbocycles. The number of thioether (sulfide) groups is 1. The van der Waals surface area contributed by atoms with Crippen molar-refractivity contribution >= 4 is 11.8 Å². The zero-order chi connectivity index (χ0) is 14.8. The molecule has 2 aromatic rings. The first kappa shape index (κ1) is 14.5. The second-order valence-electron chi connectivity index (χ2n) is 5.65. The van der Waals surface area contributed by atoms with Crippen LogP contribution in [0.3, 0.4) is 0 Å². The van der Waals surface area contributed by atoms with Gasteiger partial charge in [0, 0.05) is 12.5 Å². The van der Waals surface area contributed by atoms with E-state index in [1.165, 1.54) is 11.8 Å². The molecule has 0 radical (unpaired) electrons. The van der Waals surface area contributed by atoms with E-state index in [9.17, 15) is 5.11 Å². The quantitative estimate of drug-likeness (QED) is 0.782. The number of hydrogen-bond acceptors (Lipinski definition) is 7. The molecular formula is C13H19N5O2S. The van der Waals surface area contributed by atoms with E-state index in [1.807, 2.05) is 4.57 Å². The maximum absolute atomic E-state index is 9.31. The van der Waals surface area contributed by atoms with Crippen molar-refractivity contribution in [3.8, 4) is 0 Å². The molecule has 0 amide bonds. The maximum atomic E-state index is 9.31. The number of aliphatic hydroxyl groups is 1. The van der Waals surface area contributed by atoms with Gasteiger partial charge in [-0.3, -0.25) is 0 Å². The Morgan fingerprint density at radius 2 is 2.19 bits per heavy atom. The van der Waals surface area contributed by atoms with Gasteiger partial charge in [-0.25, -0.2) is 0 Å². The molecule has 1 fully saturated rings. The normalized spacial score (nSPS) is 15.0. The molecule has 1 aliphatic rings. The van der Waals surface area contributed by atoms with Crippen LogP contribution in [0.15, 0.2) is 9.68 Å². The molecule has 0 atom stereocenters. The summed E-state index contributed by atoms with van der Waals surface area (Å²) in [5.74, 6) is 3.06. The van der Waals surface area contributed by atoms with E-state index in [2.05, 4.69) is 34.2 Å². The Morgan fingerprint density at radius 1 is 1.38 bits per heavy atom. The standard InChI is InChI=1S/C13H19N5O2S/c1-8(2)5-10-14-12(20-17-10)7-21-13-16-15-11(6-19)18(13)9-3-4-9/h8-9,19H,3-7H2,1-2H3. The summed E-state index contributed by atoms with van der Waals surface area (Å²) in [6, 6.07) is 0.434. The average Bonchev–Trinajstić information content (AvgIpc) is 3.05. The lowest BCUT2D eigenvalue weighted by molar-refractivity contribution is 0.263. The predicted molar refractivity (Wildman–Crippen MR) is 76.6 cm³/mol. The molecule has 21 heavy (non-hydrogen) atoms. The summed E-state index contributed by atoms with van der Waals surface area (Å²) >= 11 is 1.52. The van der Waals surface area contributed by atoms with Crippen LogP contribution in [0, 0.1) is 5.92 Å². The van der Waals surface area contributed by atoms with E-state index in [1.54, 1.807) is 0 Å². The number of rotatable bonds is 7. The Balaban J connectivity index is 1.65. The number of hydrogen-bond donors (Lipinski definition) is 1. The van der Waals surface area contributed by atoms with Gasteiger partial charge in [-0.05, 0) is 18.8 Å². The van der Waals surface area contributed by atoms with Crippen LogP contribution in [0.1, 0.15) is 50.3 Å². The molecule has 0 aliphatic heterocycles. The van der Waals surface area contributed by atoms with Crippen LogP contribution in [-0.2, 0) is 18.8 Å². The third-order valence-electron chi connectivity index (χ3n) is 3.21. The van der Waals surface area contributed by atoms with Crippen LogP contribution in [0.5, 0.6) is 0 Å². The van der Waals surface area contributed by atoms with Gasteiger partial charge in [0.15, 0.2) is 16.8 Å². The van der Waals surface area contributed by atoms with Gasteiger partial charge in [-0.15, -0.1) is 10.2 Å². The Labute approximate surface area is 127 Å². The Bertz CT molecular complexity index is 605. The summed E-state index contributed by atoms with van der Waals surface area (Å²) in [5, 5.41) is 22.3. The van der Waals surface area contributed by atoms with E-state index in [4.69, 9.17) is 4.52 Å². The minimum absolute atomic E-state index is 0.0802. The molecule has 1 N–H and O–H groups in total. The summed E-state index contributed by atoms with van der Waals surface area (Å²) < 4.78 is 7.27. The smallest absolute Gasteiger partial charge is 0.237 e. The lowest BCUT2D eigenvalue weighted by Gasteiger charge is -2.05. The van der Waals surface area contributed by atoms with Gasteiger partial charge in [0.2, 0.25) is 5.89 Å². The highest BCUT2D eigenvalue weighted by atomic mass is 32.2. The summed E-state index contributed by atoms with van der Waals surface area (Å²) in [4.78, 5) is 4.38. The van der Waals surface area contributed by atoms with Crippen LogP contribution in [0.4, 0.5) is 0 Å². The van der Waals surface area contributed by atoms with Gasteiger partial charge >= 0.3 is 0 Å². The van der Waals surface area contributed by atoms with E-state index in [-0.39, 0.29) is 6.61 Å². The van der Waals surface area contributed by atoms with E-state index in [0.717, 1.165) is 30.2 Å². The predicted octanol–water partition coefficient (Wildman–Crippen LogP) is 1.98. The van der Waals surface area contributed by atoms with Gasteiger partial charge in [0.1, 0.15) is 6.61 Å². The Morgan fingerprint density at radius 3 is 2.86 bits per heavy atom. The molecule has 2 aromatic heterocycles. The molecule has 7 nitrogen and oxygen atoms in total. The van der Waals surface area contributed by atoms with E-state index < -0.39 is 0 Å². The molecule has 3 rings (SSSR count). The third kappa shape index (κ3) is 3.44. The fourth-order valence-electron chi connectivity index (χ4n) is 2.14. The fourth-order valence-corrected chi connectivity index (χ4v) is 3.00. The number of aliphatic hydroxyl groups excluding tert-OH is 1. The Hall–Kier alpha value is -1.41. The van der Waals surface area contributed by atoms with Crippen molar-refractivity contribution in [3.05, 3.63) is 17.5 Å². The van der Waals surface area contributed by atoms with Gasteiger partial charge in [-0.2, -0.15) is 4.98 Å². The first-order valence-corrected chi connectivity index (χ1v) is 8.14. The second kappa shape index (κ2) is 6.15. The minimum atomic E-state index is -0.0802. The lowest BCUT2D eigenvalue weighted by atomic mass is 10.1. The van der Waals surface area contributed by atoms with E-state index >= 15 is 0 Å². The lowest BCUT2D eigenvalue weighted by Crippen LogP contribution is -2.03. The minimum Gasteiger partial charge on any atom is -0.388 e. The monoisotopic (exact) mass is 309 g/mol. The van der Waals surface area contributed by atoms with Crippen molar-refractivity contribution in [2.24, 2.45) is 5.92 Å². The third-order valence-corrected chi connectivity index (χ3v) is 4.14. The molecule has 114 valence electrons. The van der Waals surface area contributed by atoms with Crippen LogP contribution in [-0.4, -0.2) is 30.0 Å². The topological polar surface area (TPSA) is 89.9 Å². The zero-order valence-corrected chi connectivity index (χ0v) is 13.0.